The van der Waals surface area contributed by atoms with Gasteiger partial charge in [-0.2, -0.15) is 0 Å². The number of benzene rings is 2. The van der Waals surface area contributed by atoms with Crippen molar-refractivity contribution in [3.8, 4) is 5.75 Å². The van der Waals surface area contributed by atoms with E-state index >= 15 is 0 Å². The fourth-order valence-electron chi connectivity index (χ4n) is 2.84. The van der Waals surface area contributed by atoms with E-state index in [9.17, 15) is 19.1 Å². The third-order valence-corrected chi connectivity index (χ3v) is 3.86. The zero-order chi connectivity index (χ0) is 16.1. The van der Waals surface area contributed by atoms with E-state index in [1.807, 2.05) is 0 Å². The van der Waals surface area contributed by atoms with Crippen LogP contribution in [0.2, 0.25) is 0 Å². The zero-order valence-electron chi connectivity index (χ0n) is 11.7. The maximum atomic E-state index is 13.4. The number of fused-ring (bicyclic) bond motifs is 2. The topological polar surface area (TPSA) is 79.5 Å². The van der Waals surface area contributed by atoms with Crippen molar-refractivity contribution in [2.75, 3.05) is 0 Å². The molecular weight excluding hydrogens is 301 g/mol. The highest BCUT2D eigenvalue weighted by Crippen LogP contribution is 2.32. The quantitative estimate of drug-likeness (QED) is 0.723. The molecule has 0 aliphatic carbocycles. The van der Waals surface area contributed by atoms with Crippen LogP contribution in [0.5, 0.6) is 5.75 Å². The highest BCUT2D eigenvalue weighted by molar-refractivity contribution is 5.98. The number of carbonyl (C=O) groups excluding carboxylic acids is 1. The van der Waals surface area contributed by atoms with Crippen LogP contribution in [-0.4, -0.2) is 11.0 Å². The first-order valence-electron chi connectivity index (χ1n) is 6.90. The molecule has 1 atom stereocenters. The van der Waals surface area contributed by atoms with E-state index < -0.39 is 23.2 Å². The molecule has 2 aromatic carbocycles. The normalized spacial score (nSPS) is 16.4. The number of rotatable bonds is 1. The van der Waals surface area contributed by atoms with Gasteiger partial charge in [0.25, 0.3) is 5.91 Å². The van der Waals surface area contributed by atoms with Crippen LogP contribution in [0.3, 0.4) is 0 Å². The van der Waals surface area contributed by atoms with Gasteiger partial charge in [0.15, 0.2) is 5.43 Å². The molecule has 0 saturated carbocycles. The van der Waals surface area contributed by atoms with Gasteiger partial charge in [-0.3, -0.25) is 9.59 Å². The Hall–Kier alpha value is -3.15. The van der Waals surface area contributed by atoms with Crippen molar-refractivity contribution in [2.45, 2.75) is 6.04 Å². The highest BCUT2D eigenvalue weighted by Gasteiger charge is 2.36. The Morgan fingerprint density at radius 2 is 1.96 bits per heavy atom. The molecule has 0 saturated heterocycles. The van der Waals surface area contributed by atoms with Gasteiger partial charge in [0, 0.05) is 0 Å². The van der Waals surface area contributed by atoms with Gasteiger partial charge in [-0.15, -0.1) is 0 Å². The predicted molar refractivity (Wildman–Crippen MR) is 79.9 cm³/mol. The monoisotopic (exact) mass is 311 g/mol. The van der Waals surface area contributed by atoms with Crippen LogP contribution in [0.25, 0.3) is 11.0 Å². The Morgan fingerprint density at radius 3 is 2.74 bits per heavy atom. The summed E-state index contributed by atoms with van der Waals surface area (Å²) in [5, 5.41) is 12.3. The number of hydrogen-bond donors (Lipinski definition) is 2. The van der Waals surface area contributed by atoms with E-state index in [2.05, 4.69) is 5.32 Å². The number of phenols is 1. The second kappa shape index (κ2) is 4.67. The lowest BCUT2D eigenvalue weighted by Crippen LogP contribution is -2.21. The van der Waals surface area contributed by atoms with Gasteiger partial charge in [0.1, 0.15) is 17.1 Å². The zero-order valence-corrected chi connectivity index (χ0v) is 11.7. The molecule has 6 heteroatoms. The molecule has 4 rings (SSSR count). The van der Waals surface area contributed by atoms with Crippen molar-refractivity contribution in [3.05, 3.63) is 75.4 Å². The highest BCUT2D eigenvalue weighted by atomic mass is 19.1. The molecule has 2 heterocycles. The van der Waals surface area contributed by atoms with E-state index in [1.165, 1.54) is 18.2 Å². The van der Waals surface area contributed by atoms with Crippen molar-refractivity contribution in [2.24, 2.45) is 0 Å². The summed E-state index contributed by atoms with van der Waals surface area (Å²) in [6.45, 7) is 0. The van der Waals surface area contributed by atoms with Crippen molar-refractivity contribution in [1.29, 1.82) is 0 Å². The summed E-state index contributed by atoms with van der Waals surface area (Å²) in [7, 11) is 0. The molecule has 0 bridgehead atoms. The van der Waals surface area contributed by atoms with Crippen molar-refractivity contribution in [3.63, 3.8) is 0 Å². The maximum Gasteiger partial charge on any atom is 0.288 e. The van der Waals surface area contributed by atoms with Crippen molar-refractivity contribution < 1.29 is 18.7 Å². The fraction of sp³-hybridized carbons (Fsp3) is 0.0588. The third kappa shape index (κ3) is 1.99. The molecule has 1 aliphatic rings. The number of amides is 1. The van der Waals surface area contributed by atoms with Gasteiger partial charge in [-0.25, -0.2) is 4.39 Å². The first-order valence-corrected chi connectivity index (χ1v) is 6.90. The van der Waals surface area contributed by atoms with Gasteiger partial charge in [-0.05, 0) is 35.9 Å². The summed E-state index contributed by atoms with van der Waals surface area (Å²) >= 11 is 0. The number of halogens is 1. The molecule has 5 nitrogen and oxygen atoms in total. The Kier molecular flexibility index (Phi) is 2.74. The number of carbonyl (C=O) groups is 1. The molecule has 2 N–H and O–H groups in total. The van der Waals surface area contributed by atoms with Crippen LogP contribution in [0.1, 0.15) is 27.7 Å². The maximum absolute atomic E-state index is 13.4. The average Bonchev–Trinajstić information content (AvgIpc) is 2.86. The minimum atomic E-state index is -0.742. The van der Waals surface area contributed by atoms with Crippen molar-refractivity contribution in [1.82, 2.24) is 5.32 Å². The van der Waals surface area contributed by atoms with Crippen molar-refractivity contribution >= 4 is 16.9 Å². The Morgan fingerprint density at radius 1 is 1.13 bits per heavy atom. The summed E-state index contributed by atoms with van der Waals surface area (Å²) in [6, 6.07) is 9.05. The van der Waals surface area contributed by atoms with E-state index in [4.69, 9.17) is 4.42 Å². The summed E-state index contributed by atoms with van der Waals surface area (Å²) in [6.07, 6.45) is 0. The molecule has 3 aromatic rings. The second-order valence-corrected chi connectivity index (χ2v) is 5.32. The van der Waals surface area contributed by atoms with Crippen LogP contribution in [0.4, 0.5) is 4.39 Å². The van der Waals surface area contributed by atoms with E-state index in [-0.39, 0.29) is 28.0 Å². The fourth-order valence-corrected chi connectivity index (χ4v) is 2.84. The summed E-state index contributed by atoms with van der Waals surface area (Å²) in [4.78, 5) is 24.8. The number of aromatic hydroxyl groups is 1. The van der Waals surface area contributed by atoms with Crippen LogP contribution in [0.15, 0.2) is 51.7 Å². The Balaban J connectivity index is 2.01. The number of nitrogens with one attached hydrogen (secondary N) is 1. The standard InChI is InChI=1S/C17H10FNO4/c18-9-4-5-12-11(7-9)15(21)13-14(19-17(22)16(13)23-12)8-2-1-3-10(20)6-8/h1-7,14,20H,(H,19,22). The molecule has 1 aliphatic heterocycles. The molecule has 114 valence electrons. The van der Waals surface area contributed by atoms with E-state index in [0.29, 0.717) is 5.56 Å². The summed E-state index contributed by atoms with van der Waals surface area (Å²) in [5.74, 6) is -1.14. The van der Waals surface area contributed by atoms with Gasteiger partial charge < -0.3 is 14.8 Å². The van der Waals surface area contributed by atoms with Crippen LogP contribution in [-0.2, 0) is 0 Å². The molecule has 1 unspecified atom stereocenters. The van der Waals surface area contributed by atoms with Crippen LogP contribution in [0, 0.1) is 5.82 Å². The smallest absolute Gasteiger partial charge is 0.288 e. The van der Waals surface area contributed by atoms with E-state index in [0.717, 1.165) is 12.1 Å². The van der Waals surface area contributed by atoms with E-state index in [1.54, 1.807) is 12.1 Å². The van der Waals surface area contributed by atoms with Gasteiger partial charge in [-0.1, -0.05) is 12.1 Å². The third-order valence-electron chi connectivity index (χ3n) is 3.86. The van der Waals surface area contributed by atoms with Gasteiger partial charge in [0.05, 0.1) is 17.0 Å². The first-order chi connectivity index (χ1) is 11.0. The molecule has 0 spiro atoms. The Bertz CT molecular complexity index is 1020. The van der Waals surface area contributed by atoms with Crippen LogP contribution >= 0.6 is 0 Å². The molecule has 23 heavy (non-hydrogen) atoms. The largest absolute Gasteiger partial charge is 0.508 e. The number of hydrogen-bond acceptors (Lipinski definition) is 4. The lowest BCUT2D eigenvalue weighted by molar-refractivity contribution is 0.0938. The minimum absolute atomic E-state index is 0.0152. The molecular formula is C17H10FNO4. The minimum Gasteiger partial charge on any atom is -0.508 e. The second-order valence-electron chi connectivity index (χ2n) is 5.32. The molecule has 0 radical (unpaired) electrons. The lowest BCUT2D eigenvalue weighted by Gasteiger charge is -2.11. The van der Waals surface area contributed by atoms with Gasteiger partial charge in [0.2, 0.25) is 5.76 Å². The average molecular weight is 311 g/mol. The number of phenolic OH excluding ortho intramolecular Hbond substituents is 1. The molecule has 0 fully saturated rings. The predicted octanol–water partition coefficient (Wildman–Crippen LogP) is 2.47. The Labute approximate surface area is 129 Å². The first kappa shape index (κ1) is 13.5. The van der Waals surface area contributed by atoms with Crippen LogP contribution < -0.4 is 10.7 Å². The van der Waals surface area contributed by atoms with Gasteiger partial charge >= 0.3 is 0 Å². The summed E-state index contributed by atoms with van der Waals surface area (Å²) in [5.41, 5.74) is 0.355. The SMILES string of the molecule is O=C1NC(c2cccc(O)c2)c2c1oc1ccc(F)cc1c2=O. The summed E-state index contributed by atoms with van der Waals surface area (Å²) < 4.78 is 18.9. The molecule has 1 aromatic heterocycles. The molecule has 1 amide bonds. The lowest BCUT2D eigenvalue weighted by atomic mass is 9.99.